The number of aromatic nitrogens is 2. The molecular formula is C22H19FN4O4S. The van der Waals surface area contributed by atoms with Gasteiger partial charge in [0.15, 0.2) is 0 Å². The number of anilines is 1. The molecule has 3 aromatic carbocycles. The second-order valence-electron chi connectivity index (χ2n) is 7.07. The van der Waals surface area contributed by atoms with E-state index in [1.165, 1.54) is 42.5 Å². The van der Waals surface area contributed by atoms with Crippen molar-refractivity contribution in [3.63, 3.8) is 0 Å². The van der Waals surface area contributed by atoms with Crippen LogP contribution in [-0.2, 0) is 16.4 Å². The molecule has 164 valence electrons. The SMILES string of the molecule is O=C(NCCc1ccc(F)cc1)c1ccccc1NS(=O)(=O)c1ccc2[nH]c(=O)[nH]c2c1. The summed E-state index contributed by atoms with van der Waals surface area (Å²) in [7, 11) is -4.02. The van der Waals surface area contributed by atoms with Crippen LogP contribution in [0.25, 0.3) is 11.0 Å². The highest BCUT2D eigenvalue weighted by atomic mass is 32.2. The first-order valence-electron chi connectivity index (χ1n) is 9.68. The van der Waals surface area contributed by atoms with Gasteiger partial charge in [0.05, 0.1) is 27.2 Å². The number of para-hydroxylation sites is 1. The fraction of sp³-hybridized carbons (Fsp3) is 0.0909. The zero-order valence-electron chi connectivity index (χ0n) is 16.7. The van der Waals surface area contributed by atoms with Crippen molar-refractivity contribution < 1.29 is 17.6 Å². The summed E-state index contributed by atoms with van der Waals surface area (Å²) in [5.41, 5.74) is 1.53. The summed E-state index contributed by atoms with van der Waals surface area (Å²) in [5, 5.41) is 2.74. The number of carbonyl (C=O) groups is 1. The minimum atomic E-state index is -4.02. The predicted octanol–water partition coefficient (Wildman–Crippen LogP) is 2.77. The average molecular weight is 454 g/mol. The lowest BCUT2D eigenvalue weighted by Gasteiger charge is -2.13. The van der Waals surface area contributed by atoms with Gasteiger partial charge in [-0.05, 0) is 54.4 Å². The van der Waals surface area contributed by atoms with E-state index in [9.17, 15) is 22.4 Å². The number of halogens is 1. The van der Waals surface area contributed by atoms with Crippen molar-refractivity contribution in [1.29, 1.82) is 0 Å². The van der Waals surface area contributed by atoms with Crippen molar-refractivity contribution in [3.05, 3.63) is 94.2 Å². The van der Waals surface area contributed by atoms with Crippen LogP contribution in [0.1, 0.15) is 15.9 Å². The number of hydrogen-bond acceptors (Lipinski definition) is 4. The number of sulfonamides is 1. The number of nitrogens with one attached hydrogen (secondary N) is 4. The molecule has 10 heteroatoms. The molecule has 0 saturated heterocycles. The third-order valence-electron chi connectivity index (χ3n) is 4.83. The maximum absolute atomic E-state index is 13.0. The molecule has 0 aliphatic rings. The molecule has 0 aliphatic heterocycles. The fourth-order valence-electron chi connectivity index (χ4n) is 3.22. The van der Waals surface area contributed by atoms with Gasteiger partial charge >= 0.3 is 5.69 Å². The number of benzene rings is 3. The van der Waals surface area contributed by atoms with E-state index in [0.29, 0.717) is 24.0 Å². The maximum atomic E-state index is 13.0. The summed E-state index contributed by atoms with van der Waals surface area (Å²) < 4.78 is 41.2. The van der Waals surface area contributed by atoms with E-state index >= 15 is 0 Å². The lowest BCUT2D eigenvalue weighted by molar-refractivity contribution is 0.0955. The molecule has 0 atom stereocenters. The van der Waals surface area contributed by atoms with Crippen molar-refractivity contribution in [3.8, 4) is 0 Å². The van der Waals surface area contributed by atoms with Gasteiger partial charge in [0.2, 0.25) is 0 Å². The summed E-state index contributed by atoms with van der Waals surface area (Å²) in [6.45, 7) is 0.295. The Hall–Kier alpha value is -3.92. The number of fused-ring (bicyclic) bond motifs is 1. The lowest BCUT2D eigenvalue weighted by Crippen LogP contribution is -2.27. The summed E-state index contributed by atoms with van der Waals surface area (Å²) in [4.78, 5) is 29.1. The lowest BCUT2D eigenvalue weighted by atomic mass is 10.1. The quantitative estimate of drug-likeness (QED) is 0.343. The van der Waals surface area contributed by atoms with Crippen LogP contribution in [-0.4, -0.2) is 30.8 Å². The molecule has 0 saturated carbocycles. The zero-order valence-corrected chi connectivity index (χ0v) is 17.5. The van der Waals surface area contributed by atoms with Crippen LogP contribution >= 0.6 is 0 Å². The van der Waals surface area contributed by atoms with E-state index in [-0.39, 0.29) is 22.0 Å². The van der Waals surface area contributed by atoms with E-state index in [4.69, 9.17) is 0 Å². The molecule has 4 aromatic rings. The highest BCUT2D eigenvalue weighted by Gasteiger charge is 2.19. The van der Waals surface area contributed by atoms with Crippen molar-refractivity contribution in [2.45, 2.75) is 11.3 Å². The summed E-state index contributed by atoms with van der Waals surface area (Å²) in [6, 6.07) is 16.4. The number of rotatable bonds is 7. The Bertz CT molecular complexity index is 1440. The molecule has 8 nitrogen and oxygen atoms in total. The maximum Gasteiger partial charge on any atom is 0.323 e. The van der Waals surface area contributed by atoms with Crippen LogP contribution in [0.4, 0.5) is 10.1 Å². The highest BCUT2D eigenvalue weighted by Crippen LogP contribution is 2.22. The molecule has 1 amide bonds. The Morgan fingerprint density at radius 2 is 1.66 bits per heavy atom. The van der Waals surface area contributed by atoms with Gasteiger partial charge < -0.3 is 15.3 Å². The topological polar surface area (TPSA) is 124 Å². The molecular weight excluding hydrogens is 435 g/mol. The molecule has 0 radical (unpaired) electrons. The molecule has 32 heavy (non-hydrogen) atoms. The number of hydrogen-bond donors (Lipinski definition) is 4. The zero-order chi connectivity index (χ0) is 22.7. The number of imidazole rings is 1. The number of H-pyrrole nitrogens is 2. The van der Waals surface area contributed by atoms with E-state index in [1.54, 1.807) is 24.3 Å². The predicted molar refractivity (Wildman–Crippen MR) is 119 cm³/mol. The van der Waals surface area contributed by atoms with Crippen molar-refractivity contribution in [1.82, 2.24) is 15.3 Å². The van der Waals surface area contributed by atoms with Gasteiger partial charge in [0.1, 0.15) is 5.82 Å². The summed E-state index contributed by atoms with van der Waals surface area (Å²) >= 11 is 0. The highest BCUT2D eigenvalue weighted by molar-refractivity contribution is 7.92. The molecule has 4 rings (SSSR count). The average Bonchev–Trinajstić information content (AvgIpc) is 3.14. The van der Waals surface area contributed by atoms with Crippen molar-refractivity contribution >= 4 is 32.7 Å². The minimum absolute atomic E-state index is 0.0632. The third kappa shape index (κ3) is 4.70. The van der Waals surface area contributed by atoms with Crippen LogP contribution < -0.4 is 15.7 Å². The molecule has 0 fully saturated rings. The molecule has 0 bridgehead atoms. The second-order valence-corrected chi connectivity index (χ2v) is 8.75. The second kappa shape index (κ2) is 8.67. The van der Waals surface area contributed by atoms with Gasteiger partial charge in [-0.1, -0.05) is 24.3 Å². The number of aromatic amines is 2. The smallest absolute Gasteiger partial charge is 0.323 e. The van der Waals surface area contributed by atoms with Gasteiger partial charge in [-0.25, -0.2) is 17.6 Å². The van der Waals surface area contributed by atoms with E-state index in [1.807, 2.05) is 0 Å². The Balaban J connectivity index is 1.49. The van der Waals surface area contributed by atoms with Crippen molar-refractivity contribution in [2.24, 2.45) is 0 Å². The fourth-order valence-corrected chi connectivity index (χ4v) is 4.32. The van der Waals surface area contributed by atoms with E-state index in [2.05, 4.69) is 20.0 Å². The minimum Gasteiger partial charge on any atom is -0.352 e. The van der Waals surface area contributed by atoms with Crippen LogP contribution in [0, 0.1) is 5.82 Å². The van der Waals surface area contributed by atoms with E-state index < -0.39 is 21.6 Å². The van der Waals surface area contributed by atoms with Gasteiger partial charge in [0, 0.05) is 6.54 Å². The normalized spacial score (nSPS) is 11.4. The standard InChI is InChI=1S/C22H19FN4O4S/c23-15-7-5-14(6-8-15)11-12-24-21(28)17-3-1-2-4-18(17)27-32(30,31)16-9-10-19-20(13-16)26-22(29)25-19/h1-10,13,27H,11-12H2,(H,24,28)(H2,25,26,29). The largest absolute Gasteiger partial charge is 0.352 e. The number of carbonyl (C=O) groups excluding carboxylic acids is 1. The number of amides is 1. The Kier molecular flexibility index (Phi) is 5.78. The monoisotopic (exact) mass is 454 g/mol. The van der Waals surface area contributed by atoms with Crippen LogP contribution in [0.3, 0.4) is 0 Å². The first-order chi connectivity index (χ1) is 15.3. The molecule has 4 N–H and O–H groups in total. The van der Waals surface area contributed by atoms with Gasteiger partial charge in [-0.15, -0.1) is 0 Å². The Morgan fingerprint density at radius 3 is 2.44 bits per heavy atom. The van der Waals surface area contributed by atoms with Gasteiger partial charge in [-0.3, -0.25) is 9.52 Å². The summed E-state index contributed by atoms with van der Waals surface area (Å²) in [6.07, 6.45) is 0.495. The van der Waals surface area contributed by atoms with E-state index in [0.717, 1.165) is 5.56 Å². The summed E-state index contributed by atoms with van der Waals surface area (Å²) in [5.74, 6) is -0.781. The van der Waals surface area contributed by atoms with Gasteiger partial charge in [0.25, 0.3) is 15.9 Å². The molecule has 0 aliphatic carbocycles. The first-order valence-corrected chi connectivity index (χ1v) is 11.2. The van der Waals surface area contributed by atoms with Gasteiger partial charge in [-0.2, -0.15) is 0 Å². The molecule has 1 heterocycles. The van der Waals surface area contributed by atoms with Crippen LogP contribution in [0.5, 0.6) is 0 Å². The van der Waals surface area contributed by atoms with Crippen molar-refractivity contribution in [2.75, 3.05) is 11.3 Å². The molecule has 1 aromatic heterocycles. The van der Waals surface area contributed by atoms with Crippen LogP contribution in [0.2, 0.25) is 0 Å². The molecule has 0 unspecified atom stereocenters. The first kappa shape index (κ1) is 21.3. The Labute approximate surface area is 182 Å². The Morgan fingerprint density at radius 1 is 0.938 bits per heavy atom. The van der Waals surface area contributed by atoms with Crippen LogP contribution in [0.15, 0.2) is 76.4 Å². The third-order valence-corrected chi connectivity index (χ3v) is 6.19. The molecule has 0 spiro atoms.